The summed E-state index contributed by atoms with van der Waals surface area (Å²) < 4.78 is 53.6. The van der Waals surface area contributed by atoms with Crippen LogP contribution in [-0.2, 0) is 26.2 Å². The monoisotopic (exact) mass is 583 g/mol. The van der Waals surface area contributed by atoms with E-state index < -0.39 is 45.8 Å². The van der Waals surface area contributed by atoms with Gasteiger partial charge in [-0.15, -0.1) is 0 Å². The van der Waals surface area contributed by atoms with Gasteiger partial charge >= 0.3 is 0 Å². The van der Waals surface area contributed by atoms with Crippen molar-refractivity contribution in [1.82, 2.24) is 10.2 Å². The number of benzene rings is 3. The fourth-order valence-electron chi connectivity index (χ4n) is 4.28. The lowest BCUT2D eigenvalue weighted by atomic mass is 10.1. The number of carbonyl (C=O) groups excluding carboxylic acids is 2. The van der Waals surface area contributed by atoms with E-state index in [4.69, 9.17) is 9.47 Å². The number of nitrogens with zero attached hydrogens (tertiary/aromatic N) is 2. The second-order valence-corrected chi connectivity index (χ2v) is 12.6. The Morgan fingerprint density at radius 2 is 1.59 bits per heavy atom. The maximum Gasteiger partial charge on any atom is 0.264 e. The zero-order valence-corrected chi connectivity index (χ0v) is 24.3. The number of ether oxygens (including phenoxy) is 2. The van der Waals surface area contributed by atoms with E-state index in [0.29, 0.717) is 30.3 Å². The van der Waals surface area contributed by atoms with Gasteiger partial charge in [0, 0.05) is 18.2 Å². The van der Waals surface area contributed by atoms with Crippen LogP contribution in [0.25, 0.3) is 0 Å². The largest absolute Gasteiger partial charge is 0.486 e. The number of anilines is 1. The predicted molar refractivity (Wildman–Crippen MR) is 153 cm³/mol. The number of hydrogen-bond acceptors (Lipinski definition) is 6. The van der Waals surface area contributed by atoms with Crippen LogP contribution in [0.15, 0.2) is 77.7 Å². The lowest BCUT2D eigenvalue weighted by Gasteiger charge is -2.33. The molecular weight excluding hydrogens is 549 g/mol. The molecule has 0 aliphatic carbocycles. The Bertz CT molecular complexity index is 1490. The second kappa shape index (κ2) is 12.2. The smallest absolute Gasteiger partial charge is 0.264 e. The van der Waals surface area contributed by atoms with Gasteiger partial charge in [0.25, 0.3) is 10.0 Å². The lowest BCUT2D eigenvalue weighted by molar-refractivity contribution is -0.140. The zero-order chi connectivity index (χ0) is 29.8. The van der Waals surface area contributed by atoms with Gasteiger partial charge in [0.1, 0.15) is 31.6 Å². The fourth-order valence-corrected chi connectivity index (χ4v) is 5.71. The first-order chi connectivity index (χ1) is 19.3. The van der Waals surface area contributed by atoms with E-state index >= 15 is 0 Å². The highest BCUT2D eigenvalue weighted by Crippen LogP contribution is 2.36. The number of amides is 2. The van der Waals surface area contributed by atoms with Crippen LogP contribution in [0.1, 0.15) is 33.3 Å². The van der Waals surface area contributed by atoms with Gasteiger partial charge in [-0.25, -0.2) is 12.8 Å². The molecule has 11 heteroatoms. The van der Waals surface area contributed by atoms with Crippen molar-refractivity contribution in [3.63, 3.8) is 0 Å². The molecule has 0 spiro atoms. The van der Waals surface area contributed by atoms with Crippen molar-refractivity contribution in [1.29, 1.82) is 0 Å². The Morgan fingerprint density at radius 1 is 0.951 bits per heavy atom. The van der Waals surface area contributed by atoms with Crippen molar-refractivity contribution in [2.45, 2.75) is 50.7 Å². The molecule has 1 heterocycles. The van der Waals surface area contributed by atoms with Gasteiger partial charge in [-0.05, 0) is 69.7 Å². The summed E-state index contributed by atoms with van der Waals surface area (Å²) >= 11 is 0. The number of sulfonamides is 1. The van der Waals surface area contributed by atoms with E-state index in [1.54, 1.807) is 37.3 Å². The maximum absolute atomic E-state index is 14.0. The number of halogens is 1. The van der Waals surface area contributed by atoms with Crippen molar-refractivity contribution >= 4 is 27.5 Å². The molecule has 0 saturated carbocycles. The van der Waals surface area contributed by atoms with Gasteiger partial charge in [0.2, 0.25) is 11.8 Å². The molecule has 0 radical (unpaired) electrons. The average molecular weight is 584 g/mol. The highest BCUT2D eigenvalue weighted by Gasteiger charge is 2.34. The number of rotatable bonds is 9. The molecule has 1 aliphatic rings. The van der Waals surface area contributed by atoms with Crippen molar-refractivity contribution in [3.8, 4) is 11.5 Å². The molecule has 1 N–H and O–H groups in total. The quantitative estimate of drug-likeness (QED) is 0.406. The van der Waals surface area contributed by atoms with Crippen LogP contribution in [0.3, 0.4) is 0 Å². The maximum atomic E-state index is 14.0. The van der Waals surface area contributed by atoms with E-state index in [1.165, 1.54) is 47.4 Å². The minimum Gasteiger partial charge on any atom is -0.486 e. The standard InChI is InChI=1S/C30H34FN3O6S/c1-21(29(36)32-30(2,3)4)33(19-22-10-12-23(31)13-11-22)28(35)20-34(41(37,38)25-8-6-5-7-9-25)24-14-15-26-27(18-24)40-17-16-39-26/h5-15,18,21H,16-17,19-20H2,1-4H3,(H,32,36)/t21-/m1/s1. The lowest BCUT2D eigenvalue weighted by Crippen LogP contribution is -2.54. The second-order valence-electron chi connectivity index (χ2n) is 10.7. The SMILES string of the molecule is C[C@H](C(=O)NC(C)(C)C)N(Cc1ccc(F)cc1)C(=O)CN(c1ccc2c(c1)OCCO2)S(=O)(=O)c1ccccc1. The summed E-state index contributed by atoms with van der Waals surface area (Å²) in [7, 11) is -4.22. The van der Waals surface area contributed by atoms with Gasteiger partial charge in [0.05, 0.1) is 10.6 Å². The highest BCUT2D eigenvalue weighted by atomic mass is 32.2. The summed E-state index contributed by atoms with van der Waals surface area (Å²) in [5.41, 5.74) is 0.205. The molecule has 0 fully saturated rings. The topological polar surface area (TPSA) is 105 Å². The molecule has 3 aromatic rings. The third-order valence-electron chi connectivity index (χ3n) is 6.36. The summed E-state index contributed by atoms with van der Waals surface area (Å²) in [6, 6.07) is 17.0. The third kappa shape index (κ3) is 7.35. The average Bonchev–Trinajstić information content (AvgIpc) is 2.94. The van der Waals surface area contributed by atoms with Crippen LogP contribution in [-0.4, -0.2) is 56.5 Å². The number of hydrogen-bond donors (Lipinski definition) is 1. The van der Waals surface area contributed by atoms with Crippen LogP contribution in [0.2, 0.25) is 0 Å². The fraction of sp³-hybridized carbons (Fsp3) is 0.333. The number of carbonyl (C=O) groups is 2. The summed E-state index contributed by atoms with van der Waals surface area (Å²) in [5, 5.41) is 2.87. The summed E-state index contributed by atoms with van der Waals surface area (Å²) in [5.74, 6) is -0.654. The van der Waals surface area contributed by atoms with Crippen molar-refractivity contribution in [2.75, 3.05) is 24.1 Å². The molecule has 41 heavy (non-hydrogen) atoms. The Morgan fingerprint density at radius 3 is 2.22 bits per heavy atom. The Kier molecular flexibility index (Phi) is 8.86. The summed E-state index contributed by atoms with van der Waals surface area (Å²) in [6.07, 6.45) is 0. The predicted octanol–water partition coefficient (Wildman–Crippen LogP) is 4.12. The molecule has 0 aromatic heterocycles. The van der Waals surface area contributed by atoms with Crippen LogP contribution >= 0.6 is 0 Å². The Labute approximate surface area is 239 Å². The van der Waals surface area contributed by atoms with Crippen molar-refractivity contribution < 1.29 is 31.9 Å². The van der Waals surface area contributed by atoms with Crippen molar-refractivity contribution in [3.05, 3.63) is 84.2 Å². The number of fused-ring (bicyclic) bond motifs is 1. The van der Waals surface area contributed by atoms with Crippen LogP contribution in [0, 0.1) is 5.82 Å². The Hall–Kier alpha value is -4.12. The molecule has 1 atom stereocenters. The van der Waals surface area contributed by atoms with Crippen molar-refractivity contribution in [2.24, 2.45) is 0 Å². The van der Waals surface area contributed by atoms with Gasteiger partial charge in [-0.1, -0.05) is 30.3 Å². The molecule has 3 aromatic carbocycles. The number of nitrogens with one attached hydrogen (secondary N) is 1. The van der Waals surface area contributed by atoms with Crippen LogP contribution in [0.5, 0.6) is 11.5 Å². The van der Waals surface area contributed by atoms with E-state index in [-0.39, 0.29) is 17.1 Å². The first-order valence-electron chi connectivity index (χ1n) is 13.2. The van der Waals surface area contributed by atoms with E-state index in [1.807, 2.05) is 20.8 Å². The van der Waals surface area contributed by atoms with E-state index in [2.05, 4.69) is 5.32 Å². The van der Waals surface area contributed by atoms with Gasteiger partial charge in [0.15, 0.2) is 11.5 Å². The van der Waals surface area contributed by atoms with E-state index in [9.17, 15) is 22.4 Å². The highest BCUT2D eigenvalue weighted by molar-refractivity contribution is 7.92. The normalized spacial score (nSPS) is 13.7. The minimum absolute atomic E-state index is 0.00806. The molecule has 9 nitrogen and oxygen atoms in total. The van der Waals surface area contributed by atoms with E-state index in [0.717, 1.165) is 4.31 Å². The summed E-state index contributed by atoms with van der Waals surface area (Å²) in [4.78, 5) is 28.4. The Balaban J connectivity index is 1.73. The molecule has 0 saturated heterocycles. The molecule has 0 bridgehead atoms. The van der Waals surface area contributed by atoms with Crippen LogP contribution < -0.4 is 19.1 Å². The third-order valence-corrected chi connectivity index (χ3v) is 8.14. The first kappa shape index (κ1) is 29.9. The van der Waals surface area contributed by atoms with Gasteiger partial charge in [-0.2, -0.15) is 0 Å². The molecular formula is C30H34FN3O6S. The first-order valence-corrected chi connectivity index (χ1v) is 14.6. The molecule has 0 unspecified atom stereocenters. The molecule has 4 rings (SSSR count). The summed E-state index contributed by atoms with van der Waals surface area (Å²) in [6.45, 7) is 7.04. The molecule has 1 aliphatic heterocycles. The van der Waals surface area contributed by atoms with Gasteiger partial charge < -0.3 is 19.7 Å². The van der Waals surface area contributed by atoms with Crippen LogP contribution in [0.4, 0.5) is 10.1 Å². The minimum atomic E-state index is -4.22. The zero-order valence-electron chi connectivity index (χ0n) is 23.5. The van der Waals surface area contributed by atoms with Gasteiger partial charge in [-0.3, -0.25) is 13.9 Å². The molecule has 2 amide bonds. The molecule has 218 valence electrons.